The molecule has 0 atom stereocenters. The maximum Gasteiger partial charge on any atom is 0.165 e. The van der Waals surface area contributed by atoms with Crippen molar-refractivity contribution in [3.8, 4) is 11.5 Å². The Morgan fingerprint density at radius 1 is 1.05 bits per heavy atom. The molecule has 0 amide bonds. The summed E-state index contributed by atoms with van der Waals surface area (Å²) >= 11 is 6.86. The smallest absolute Gasteiger partial charge is 0.165 e. The van der Waals surface area contributed by atoms with Gasteiger partial charge in [0.2, 0.25) is 0 Å². The van der Waals surface area contributed by atoms with Crippen LogP contribution in [0, 0.1) is 5.82 Å². The van der Waals surface area contributed by atoms with Crippen molar-refractivity contribution in [3.05, 3.63) is 57.8 Å². The highest BCUT2D eigenvalue weighted by Crippen LogP contribution is 2.28. The second-order valence-corrected chi connectivity index (χ2v) is 5.57. The lowest BCUT2D eigenvalue weighted by Gasteiger charge is -2.10. The number of methoxy groups -OCH3 is 1. The molecule has 0 N–H and O–H groups in total. The maximum absolute atomic E-state index is 13.6. The summed E-state index contributed by atoms with van der Waals surface area (Å²) in [6, 6.07) is 10.6. The summed E-state index contributed by atoms with van der Waals surface area (Å²) in [5.41, 5.74) is 1.90. The number of alkyl halides is 1. The highest BCUT2D eigenvalue weighted by atomic mass is 79.9. The van der Waals surface area contributed by atoms with Crippen LogP contribution in [0.3, 0.4) is 0 Å². The molecule has 2 nitrogen and oxygen atoms in total. The number of halogens is 3. The molecule has 5 heteroatoms. The summed E-state index contributed by atoms with van der Waals surface area (Å²) in [7, 11) is 1.44. The number of hydrogen-bond acceptors (Lipinski definition) is 2. The first kappa shape index (κ1) is 15.3. The minimum absolute atomic E-state index is 0.233. The van der Waals surface area contributed by atoms with Gasteiger partial charge in [0, 0.05) is 5.33 Å². The van der Waals surface area contributed by atoms with Crippen molar-refractivity contribution < 1.29 is 13.9 Å². The van der Waals surface area contributed by atoms with Crippen LogP contribution < -0.4 is 9.47 Å². The van der Waals surface area contributed by atoms with E-state index in [1.165, 1.54) is 13.2 Å². The molecule has 0 unspecified atom stereocenters. The molecule has 0 aromatic heterocycles. The van der Waals surface area contributed by atoms with Crippen LogP contribution in [-0.2, 0) is 11.9 Å². The van der Waals surface area contributed by atoms with Crippen molar-refractivity contribution in [2.24, 2.45) is 0 Å². The van der Waals surface area contributed by atoms with Gasteiger partial charge in [0.15, 0.2) is 11.6 Å². The van der Waals surface area contributed by atoms with Crippen LogP contribution in [0.2, 0.25) is 0 Å². The second-order valence-electron chi connectivity index (χ2n) is 4.16. The van der Waals surface area contributed by atoms with Crippen molar-refractivity contribution in [1.82, 2.24) is 0 Å². The quantitative estimate of drug-likeness (QED) is 0.648. The minimum atomic E-state index is -0.387. The highest BCUT2D eigenvalue weighted by Gasteiger charge is 2.06. The lowest BCUT2D eigenvalue weighted by molar-refractivity contribution is 0.302. The Bertz CT molecular complexity index is 602. The second kappa shape index (κ2) is 7.09. The Kier molecular flexibility index (Phi) is 5.43. The van der Waals surface area contributed by atoms with Crippen LogP contribution in [0.4, 0.5) is 4.39 Å². The van der Waals surface area contributed by atoms with E-state index in [0.29, 0.717) is 6.61 Å². The molecule has 0 radical (unpaired) electrons. The topological polar surface area (TPSA) is 18.5 Å². The zero-order chi connectivity index (χ0) is 14.5. The third-order valence-electron chi connectivity index (χ3n) is 2.76. The average molecular weight is 404 g/mol. The Morgan fingerprint density at radius 2 is 1.75 bits per heavy atom. The molecule has 0 spiro atoms. The van der Waals surface area contributed by atoms with Gasteiger partial charge in [-0.2, -0.15) is 0 Å². The Morgan fingerprint density at radius 3 is 2.35 bits per heavy atom. The zero-order valence-corrected chi connectivity index (χ0v) is 14.0. The standard InChI is InChI=1S/C15H13Br2FO2/c1-19-15-5-3-11(7-13(15)18)9-20-14-4-2-10(8-16)6-12(14)17/h2-7H,8-9H2,1H3. The van der Waals surface area contributed by atoms with E-state index >= 15 is 0 Å². The summed E-state index contributed by atoms with van der Waals surface area (Å²) in [6.07, 6.45) is 0. The van der Waals surface area contributed by atoms with E-state index < -0.39 is 0 Å². The van der Waals surface area contributed by atoms with Crippen molar-refractivity contribution in [3.63, 3.8) is 0 Å². The number of rotatable bonds is 5. The van der Waals surface area contributed by atoms with E-state index in [-0.39, 0.29) is 11.6 Å². The molecule has 0 saturated carbocycles. The minimum Gasteiger partial charge on any atom is -0.494 e. The molecule has 20 heavy (non-hydrogen) atoms. The highest BCUT2D eigenvalue weighted by molar-refractivity contribution is 9.10. The van der Waals surface area contributed by atoms with Gasteiger partial charge in [-0.3, -0.25) is 0 Å². The molecule has 2 rings (SSSR count). The summed E-state index contributed by atoms with van der Waals surface area (Å²) < 4.78 is 25.0. The van der Waals surface area contributed by atoms with Gasteiger partial charge in [-0.25, -0.2) is 4.39 Å². The fourth-order valence-corrected chi connectivity index (χ4v) is 2.59. The third-order valence-corrected chi connectivity index (χ3v) is 4.03. The van der Waals surface area contributed by atoms with Gasteiger partial charge in [-0.1, -0.05) is 28.1 Å². The SMILES string of the molecule is COc1ccc(COc2ccc(CBr)cc2Br)cc1F. The van der Waals surface area contributed by atoms with E-state index in [1.54, 1.807) is 12.1 Å². The number of benzene rings is 2. The molecule has 2 aromatic carbocycles. The van der Waals surface area contributed by atoms with E-state index in [9.17, 15) is 4.39 Å². The van der Waals surface area contributed by atoms with Crippen molar-refractivity contribution in [1.29, 1.82) is 0 Å². The Labute approximate surface area is 134 Å². The molecule has 0 heterocycles. The molecule has 0 aliphatic heterocycles. The van der Waals surface area contributed by atoms with Gasteiger partial charge in [0.1, 0.15) is 12.4 Å². The molecule has 2 aromatic rings. The predicted octanol–water partition coefficient (Wildman–Crippen LogP) is 5.07. The van der Waals surface area contributed by atoms with Crippen LogP contribution in [0.15, 0.2) is 40.9 Å². The van der Waals surface area contributed by atoms with Gasteiger partial charge in [-0.15, -0.1) is 0 Å². The first-order chi connectivity index (χ1) is 9.63. The molecule has 0 aliphatic rings. The van der Waals surface area contributed by atoms with Crippen LogP contribution in [-0.4, -0.2) is 7.11 Å². The molecule has 0 bridgehead atoms. The average Bonchev–Trinajstić information content (AvgIpc) is 2.46. The number of hydrogen-bond donors (Lipinski definition) is 0. The van der Waals surface area contributed by atoms with Crippen LogP contribution >= 0.6 is 31.9 Å². The van der Waals surface area contributed by atoms with Crippen molar-refractivity contribution in [2.75, 3.05) is 7.11 Å². The molecule has 0 saturated heterocycles. The van der Waals surface area contributed by atoms with E-state index in [2.05, 4.69) is 31.9 Å². The summed E-state index contributed by atoms with van der Waals surface area (Å²) in [4.78, 5) is 0. The Hall–Kier alpha value is -1.07. The van der Waals surface area contributed by atoms with Gasteiger partial charge < -0.3 is 9.47 Å². The van der Waals surface area contributed by atoms with Crippen LogP contribution in [0.1, 0.15) is 11.1 Å². The van der Waals surface area contributed by atoms with E-state index in [1.807, 2.05) is 18.2 Å². The summed E-state index contributed by atoms with van der Waals surface area (Å²) in [5.74, 6) is 0.574. The van der Waals surface area contributed by atoms with E-state index in [0.717, 1.165) is 26.7 Å². The lowest BCUT2D eigenvalue weighted by Crippen LogP contribution is -1.98. The molecule has 0 aliphatic carbocycles. The normalized spacial score (nSPS) is 10.4. The third kappa shape index (κ3) is 3.73. The molecular formula is C15H13Br2FO2. The Balaban J connectivity index is 2.07. The zero-order valence-electron chi connectivity index (χ0n) is 10.8. The van der Waals surface area contributed by atoms with Crippen LogP contribution in [0.5, 0.6) is 11.5 Å². The molecular weight excluding hydrogens is 391 g/mol. The summed E-state index contributed by atoms with van der Waals surface area (Å²) in [6.45, 7) is 0.299. The van der Waals surface area contributed by atoms with Gasteiger partial charge in [-0.05, 0) is 51.3 Å². The van der Waals surface area contributed by atoms with E-state index in [4.69, 9.17) is 9.47 Å². The predicted molar refractivity (Wildman–Crippen MR) is 84.1 cm³/mol. The molecule has 0 fully saturated rings. The lowest BCUT2D eigenvalue weighted by atomic mass is 10.2. The van der Waals surface area contributed by atoms with Crippen LogP contribution in [0.25, 0.3) is 0 Å². The largest absolute Gasteiger partial charge is 0.494 e. The monoisotopic (exact) mass is 402 g/mol. The van der Waals surface area contributed by atoms with Crippen molar-refractivity contribution >= 4 is 31.9 Å². The molecule has 106 valence electrons. The van der Waals surface area contributed by atoms with Gasteiger partial charge >= 0.3 is 0 Å². The first-order valence-electron chi connectivity index (χ1n) is 5.93. The summed E-state index contributed by atoms with van der Waals surface area (Å²) in [5, 5.41) is 0.787. The fraction of sp³-hybridized carbons (Fsp3) is 0.200. The van der Waals surface area contributed by atoms with Gasteiger partial charge in [0.25, 0.3) is 0 Å². The number of ether oxygens (including phenoxy) is 2. The van der Waals surface area contributed by atoms with Crippen molar-refractivity contribution in [2.45, 2.75) is 11.9 Å². The fourth-order valence-electron chi connectivity index (χ4n) is 1.71. The first-order valence-corrected chi connectivity index (χ1v) is 7.85. The van der Waals surface area contributed by atoms with Gasteiger partial charge in [0.05, 0.1) is 11.6 Å². The maximum atomic E-state index is 13.6.